The summed E-state index contributed by atoms with van der Waals surface area (Å²) in [6.45, 7) is 4.32. The lowest BCUT2D eigenvalue weighted by atomic mass is 9.93. The first-order valence-corrected chi connectivity index (χ1v) is 19.1. The highest BCUT2D eigenvalue weighted by Crippen LogP contribution is 2.48. The highest BCUT2D eigenvalue weighted by molar-refractivity contribution is 7.91. The van der Waals surface area contributed by atoms with Gasteiger partial charge >= 0.3 is 0 Å². The van der Waals surface area contributed by atoms with Crippen LogP contribution in [0, 0.1) is 17.8 Å². The number of amides is 4. The van der Waals surface area contributed by atoms with Gasteiger partial charge in [0.25, 0.3) is 5.91 Å². The summed E-state index contributed by atoms with van der Waals surface area (Å²) >= 11 is 0. The molecule has 4 N–H and O–H groups in total. The minimum Gasteiger partial charge on any atom is -0.494 e. The number of fused-ring (bicyclic) bond motifs is 6. The van der Waals surface area contributed by atoms with Crippen molar-refractivity contribution in [1.29, 1.82) is 0 Å². The summed E-state index contributed by atoms with van der Waals surface area (Å²) in [4.78, 5) is 60.2. The van der Waals surface area contributed by atoms with Crippen LogP contribution < -0.4 is 25.4 Å². The van der Waals surface area contributed by atoms with E-state index in [1.54, 1.807) is 6.92 Å². The van der Waals surface area contributed by atoms with Crippen LogP contribution in [0.15, 0.2) is 47.6 Å². The van der Waals surface area contributed by atoms with Crippen molar-refractivity contribution in [3.05, 3.63) is 53.6 Å². The van der Waals surface area contributed by atoms with Crippen molar-refractivity contribution in [3.63, 3.8) is 0 Å². The maximum atomic E-state index is 14.1. The first-order chi connectivity index (χ1) is 24.0. The molecule has 266 valence electrons. The van der Waals surface area contributed by atoms with Crippen molar-refractivity contribution in [2.24, 2.45) is 22.9 Å². The standard InChI is InChI=1S/C36H43N5O8S/c1-3-21-19-36(21,35(45)41-50(46,47)24-11-12-24)39-34(44)30-18-23-17-29(30)33(43)38-20(2)32(42)37-14-6-7-15-48-22-10-13-26-25-8-4-5-9-27(25)31(40-49-23)28(26)16-22/h4-5,8-10,13,16,20-21,23-24,29-30H,3,6-7,11-12,14-15,17-19H2,1-2H3,(H,37,42)(H,38,43)(H,39,44)(H,41,45)/b40-31-/t20-,21-,23+,29-,30-,36-/m1/s1. The molecular formula is C36H43N5O8S. The molecule has 0 unspecified atom stereocenters. The van der Waals surface area contributed by atoms with Gasteiger partial charge < -0.3 is 25.5 Å². The molecule has 6 atom stereocenters. The van der Waals surface area contributed by atoms with Gasteiger partial charge in [0.2, 0.25) is 27.7 Å². The number of ether oxygens (including phenoxy) is 1. The Morgan fingerprint density at radius 1 is 1.00 bits per heavy atom. The fourth-order valence-corrected chi connectivity index (χ4v) is 8.83. The van der Waals surface area contributed by atoms with E-state index >= 15 is 0 Å². The molecule has 4 aliphatic carbocycles. The third-order valence-electron chi connectivity index (χ3n) is 10.6. The van der Waals surface area contributed by atoms with Crippen LogP contribution in [-0.4, -0.2) is 73.8 Å². The highest BCUT2D eigenvalue weighted by Gasteiger charge is 2.62. The molecular weight excluding hydrogens is 662 g/mol. The lowest BCUT2D eigenvalue weighted by Gasteiger charge is -2.24. The Kier molecular flexibility index (Phi) is 9.08. The van der Waals surface area contributed by atoms with Crippen LogP contribution in [0.25, 0.3) is 11.1 Å². The first kappa shape index (κ1) is 34.0. The molecule has 50 heavy (non-hydrogen) atoms. The third-order valence-corrected chi connectivity index (χ3v) is 12.5. The van der Waals surface area contributed by atoms with Crippen LogP contribution in [-0.2, 0) is 34.0 Å². The van der Waals surface area contributed by atoms with Gasteiger partial charge in [0, 0.05) is 17.7 Å². The molecule has 7 rings (SSSR count). The predicted octanol–water partition coefficient (Wildman–Crippen LogP) is 2.52. The second-order valence-electron chi connectivity index (χ2n) is 14.1. The second-order valence-corrected chi connectivity index (χ2v) is 16.1. The lowest BCUT2D eigenvalue weighted by molar-refractivity contribution is -0.137. The van der Waals surface area contributed by atoms with E-state index in [0.717, 1.165) is 22.3 Å². The lowest BCUT2D eigenvalue weighted by Crippen LogP contribution is -2.55. The van der Waals surface area contributed by atoms with Gasteiger partial charge in [-0.05, 0) is 87.1 Å². The van der Waals surface area contributed by atoms with Crippen LogP contribution in [0.2, 0.25) is 0 Å². The summed E-state index contributed by atoms with van der Waals surface area (Å²) in [5, 5.41) is 12.5. The normalized spacial score (nSPS) is 30.4. The van der Waals surface area contributed by atoms with E-state index in [-0.39, 0.29) is 24.7 Å². The van der Waals surface area contributed by atoms with Crippen LogP contribution in [0.1, 0.15) is 76.3 Å². The number of hydrogen-bond donors (Lipinski definition) is 4. The van der Waals surface area contributed by atoms with Gasteiger partial charge in [0.1, 0.15) is 29.1 Å². The summed E-state index contributed by atoms with van der Waals surface area (Å²) < 4.78 is 33.5. The predicted molar refractivity (Wildman–Crippen MR) is 183 cm³/mol. The van der Waals surface area contributed by atoms with Crippen molar-refractivity contribution in [3.8, 4) is 16.9 Å². The summed E-state index contributed by atoms with van der Waals surface area (Å²) in [7, 11) is -3.83. The first-order valence-electron chi connectivity index (χ1n) is 17.6. The maximum absolute atomic E-state index is 14.1. The SMILES string of the molecule is CC[C@@H]1C[C@]1(NC(=O)[C@@H]1C[C@@H]2C[C@H]1C(=O)N[C@H](C)C(=O)NCCCCOc1ccc3c(c1)/C(=N\O2)c1ccccc1-3)C(=O)NS(=O)(=O)C1CC1. The number of nitrogens with zero attached hydrogens (tertiary/aromatic N) is 1. The molecule has 4 bridgehead atoms. The van der Waals surface area contributed by atoms with Gasteiger partial charge in [-0.2, -0.15) is 0 Å². The Hall–Kier alpha value is -4.46. The minimum atomic E-state index is -3.83. The molecule has 0 aromatic heterocycles. The molecule has 14 heteroatoms. The van der Waals surface area contributed by atoms with Crippen LogP contribution >= 0.6 is 0 Å². The molecule has 5 aliphatic rings. The van der Waals surface area contributed by atoms with Crippen LogP contribution in [0.3, 0.4) is 0 Å². The van der Waals surface area contributed by atoms with Crippen molar-refractivity contribution < 1.29 is 37.2 Å². The zero-order valence-corrected chi connectivity index (χ0v) is 29.0. The number of benzene rings is 2. The van der Waals surface area contributed by atoms with Crippen LogP contribution in [0.4, 0.5) is 0 Å². The number of oxime groups is 1. The van der Waals surface area contributed by atoms with Gasteiger partial charge in [-0.15, -0.1) is 0 Å². The average Bonchev–Trinajstić information content (AvgIpc) is 4.01. The molecule has 1 heterocycles. The van der Waals surface area contributed by atoms with E-state index in [2.05, 4.69) is 25.8 Å². The smallest absolute Gasteiger partial charge is 0.259 e. The molecule has 4 amide bonds. The third kappa shape index (κ3) is 6.57. The van der Waals surface area contributed by atoms with Crippen molar-refractivity contribution in [1.82, 2.24) is 20.7 Å². The van der Waals surface area contributed by atoms with E-state index in [9.17, 15) is 27.6 Å². The Labute approximate surface area is 291 Å². The van der Waals surface area contributed by atoms with Gasteiger partial charge in [-0.1, -0.05) is 42.8 Å². The molecule has 3 saturated carbocycles. The molecule has 0 saturated heterocycles. The molecule has 2 aromatic rings. The van der Waals surface area contributed by atoms with Gasteiger partial charge in [-0.25, -0.2) is 8.42 Å². The molecule has 0 spiro atoms. The van der Waals surface area contributed by atoms with Crippen LogP contribution in [0.5, 0.6) is 5.75 Å². The fourth-order valence-electron chi connectivity index (χ4n) is 7.47. The number of nitrogens with one attached hydrogen (secondary N) is 4. The van der Waals surface area contributed by atoms with E-state index < -0.39 is 62.5 Å². The minimum absolute atomic E-state index is 0.119. The molecule has 0 radical (unpaired) electrons. The molecule has 3 fully saturated rings. The number of carbonyl (C=O) groups is 4. The quantitative estimate of drug-likeness (QED) is 0.302. The maximum Gasteiger partial charge on any atom is 0.259 e. The molecule has 13 nitrogen and oxygen atoms in total. The number of hydrogen-bond acceptors (Lipinski definition) is 9. The van der Waals surface area contributed by atoms with Crippen molar-refractivity contribution in [2.75, 3.05) is 13.2 Å². The second kappa shape index (κ2) is 13.3. The average molecular weight is 706 g/mol. The Balaban J connectivity index is 1.17. The zero-order chi connectivity index (χ0) is 35.2. The molecule has 2 aromatic carbocycles. The number of sulfonamides is 1. The highest BCUT2D eigenvalue weighted by atomic mass is 32.2. The number of carbonyl (C=O) groups excluding carboxylic acids is 4. The fraction of sp³-hybridized carbons (Fsp3) is 0.528. The number of rotatable bonds is 6. The summed E-state index contributed by atoms with van der Waals surface area (Å²) in [5.41, 5.74) is 2.96. The largest absolute Gasteiger partial charge is 0.494 e. The van der Waals surface area contributed by atoms with E-state index in [4.69, 9.17) is 9.57 Å². The van der Waals surface area contributed by atoms with Gasteiger partial charge in [0.15, 0.2) is 0 Å². The monoisotopic (exact) mass is 705 g/mol. The zero-order valence-electron chi connectivity index (χ0n) is 28.2. The van der Waals surface area contributed by atoms with E-state index in [1.807, 2.05) is 49.4 Å². The molecule has 1 aliphatic heterocycles. The van der Waals surface area contributed by atoms with Gasteiger partial charge in [0.05, 0.1) is 23.7 Å². The Morgan fingerprint density at radius 2 is 1.76 bits per heavy atom. The van der Waals surface area contributed by atoms with E-state index in [1.165, 1.54) is 0 Å². The summed E-state index contributed by atoms with van der Waals surface area (Å²) in [6, 6.07) is 12.9. The summed E-state index contributed by atoms with van der Waals surface area (Å²) in [5.74, 6) is -3.52. The topological polar surface area (TPSA) is 181 Å². The Morgan fingerprint density at radius 3 is 2.50 bits per heavy atom. The van der Waals surface area contributed by atoms with Gasteiger partial charge in [-0.3, -0.25) is 23.9 Å². The van der Waals surface area contributed by atoms with E-state index in [0.29, 0.717) is 63.1 Å². The van der Waals surface area contributed by atoms with Crippen molar-refractivity contribution in [2.45, 2.75) is 88.1 Å². The summed E-state index contributed by atoms with van der Waals surface area (Å²) in [6.07, 6.45) is 2.82. The Bertz CT molecular complexity index is 1860. The van der Waals surface area contributed by atoms with Crippen molar-refractivity contribution >= 4 is 39.4 Å².